The van der Waals surface area contributed by atoms with Crippen molar-refractivity contribution in [3.8, 4) is 34.1 Å². The molecule has 0 aromatic heterocycles. The maximum atomic E-state index is 6.26. The minimum Gasteiger partial charge on any atom is -0.493 e. The number of ether oxygens (including phenoxy) is 7. The van der Waals surface area contributed by atoms with Gasteiger partial charge in [0.05, 0.1) is 33.5 Å². The van der Waals surface area contributed by atoms with E-state index in [-0.39, 0.29) is 24.4 Å². The van der Waals surface area contributed by atoms with Crippen LogP contribution in [0, 0.1) is 0 Å². The smallest absolute Gasteiger partial charge is 0.169 e. The van der Waals surface area contributed by atoms with Crippen LogP contribution >= 0.6 is 0 Å². The first kappa shape index (κ1) is 22.1. The highest BCUT2D eigenvalue weighted by Crippen LogP contribution is 2.50. The minimum absolute atomic E-state index is 0.0308. The first-order valence-corrected chi connectivity index (χ1v) is 11.3. The Morgan fingerprint density at radius 1 is 0.879 bits per heavy atom. The summed E-state index contributed by atoms with van der Waals surface area (Å²) >= 11 is 0. The number of methoxy groups -OCH3 is 2. The summed E-state index contributed by atoms with van der Waals surface area (Å²) in [5.41, 5.74) is 3.76. The largest absolute Gasteiger partial charge is 0.493 e. The third-order valence-corrected chi connectivity index (χ3v) is 5.91. The summed E-state index contributed by atoms with van der Waals surface area (Å²) in [5.74, 6) is 2.60. The molecule has 0 amide bonds. The second kappa shape index (κ2) is 9.25. The van der Waals surface area contributed by atoms with Gasteiger partial charge in [-0.05, 0) is 49.2 Å². The van der Waals surface area contributed by atoms with Gasteiger partial charge in [0.15, 0.2) is 23.0 Å². The predicted molar refractivity (Wildman–Crippen MR) is 123 cm³/mol. The molecule has 4 atom stereocenters. The molecule has 3 aliphatic rings. The van der Waals surface area contributed by atoms with Gasteiger partial charge >= 0.3 is 0 Å². The van der Waals surface area contributed by atoms with E-state index >= 15 is 0 Å². The van der Waals surface area contributed by atoms with Crippen molar-refractivity contribution >= 4 is 6.08 Å². The third kappa shape index (κ3) is 4.95. The van der Waals surface area contributed by atoms with Crippen molar-refractivity contribution in [2.24, 2.45) is 0 Å². The Morgan fingerprint density at radius 3 is 1.91 bits per heavy atom. The zero-order valence-electron chi connectivity index (χ0n) is 19.5. The fraction of sp³-hybridized carbons (Fsp3) is 0.462. The molecular formula is C26H30O7. The molecule has 2 aromatic rings. The van der Waals surface area contributed by atoms with Crippen molar-refractivity contribution in [3.05, 3.63) is 41.5 Å². The number of allylic oxidation sites excluding steroid dienone is 1. The van der Waals surface area contributed by atoms with E-state index in [9.17, 15) is 0 Å². The first-order chi connectivity index (χ1) is 16.1. The molecule has 2 aromatic carbocycles. The van der Waals surface area contributed by atoms with Gasteiger partial charge in [-0.25, -0.2) is 0 Å². The number of rotatable bonds is 11. The van der Waals surface area contributed by atoms with E-state index in [1.807, 2.05) is 31.2 Å². The molecule has 4 unspecified atom stereocenters. The van der Waals surface area contributed by atoms with E-state index in [0.29, 0.717) is 49.4 Å². The molecule has 0 saturated carbocycles. The average Bonchev–Trinajstić information content (AvgIpc) is 3.67. The molecule has 7 nitrogen and oxygen atoms in total. The van der Waals surface area contributed by atoms with Crippen molar-refractivity contribution in [2.45, 2.75) is 38.3 Å². The van der Waals surface area contributed by atoms with Gasteiger partial charge in [-0.15, -0.1) is 0 Å². The van der Waals surface area contributed by atoms with Gasteiger partial charge in [0.25, 0.3) is 0 Å². The van der Waals surface area contributed by atoms with Crippen molar-refractivity contribution in [1.29, 1.82) is 0 Å². The van der Waals surface area contributed by atoms with Crippen molar-refractivity contribution in [2.75, 3.05) is 40.6 Å². The lowest BCUT2D eigenvalue weighted by Gasteiger charge is -2.21. The van der Waals surface area contributed by atoms with Crippen LogP contribution in [-0.2, 0) is 14.2 Å². The van der Waals surface area contributed by atoms with Crippen LogP contribution in [0.3, 0.4) is 0 Å². The summed E-state index contributed by atoms with van der Waals surface area (Å²) in [6, 6.07) is 8.15. The van der Waals surface area contributed by atoms with Gasteiger partial charge in [-0.3, -0.25) is 0 Å². The summed E-state index contributed by atoms with van der Waals surface area (Å²) in [6.45, 7) is 6.38. The lowest BCUT2D eigenvalue weighted by Crippen LogP contribution is -2.09. The normalized spacial score (nSPS) is 25.1. The number of epoxide rings is 3. The fourth-order valence-corrected chi connectivity index (χ4v) is 3.92. The van der Waals surface area contributed by atoms with Gasteiger partial charge < -0.3 is 33.2 Å². The second-order valence-electron chi connectivity index (χ2n) is 8.49. The van der Waals surface area contributed by atoms with E-state index in [0.717, 1.165) is 22.3 Å². The van der Waals surface area contributed by atoms with E-state index in [4.69, 9.17) is 33.2 Å². The Bertz CT molecular complexity index is 1040. The molecular weight excluding hydrogens is 424 g/mol. The first-order valence-electron chi connectivity index (χ1n) is 11.3. The maximum Gasteiger partial charge on any atom is 0.169 e. The lowest BCUT2D eigenvalue weighted by atomic mass is 9.96. The molecule has 3 heterocycles. The highest BCUT2D eigenvalue weighted by Gasteiger charge is 2.37. The summed E-state index contributed by atoms with van der Waals surface area (Å²) in [7, 11) is 3.30. The molecule has 0 spiro atoms. The van der Waals surface area contributed by atoms with Gasteiger partial charge in [-0.2, -0.15) is 0 Å². The third-order valence-electron chi connectivity index (χ3n) is 5.91. The Labute approximate surface area is 194 Å². The van der Waals surface area contributed by atoms with Crippen LogP contribution in [0.2, 0.25) is 0 Å². The zero-order chi connectivity index (χ0) is 22.9. The monoisotopic (exact) mass is 454 g/mol. The van der Waals surface area contributed by atoms with Crippen molar-refractivity contribution < 1.29 is 33.2 Å². The van der Waals surface area contributed by atoms with Crippen LogP contribution in [-0.4, -0.2) is 59.0 Å². The van der Waals surface area contributed by atoms with E-state index in [2.05, 4.69) is 19.1 Å². The number of benzene rings is 2. The molecule has 3 saturated heterocycles. The Balaban J connectivity index is 1.66. The van der Waals surface area contributed by atoms with E-state index in [1.54, 1.807) is 14.2 Å². The summed E-state index contributed by atoms with van der Waals surface area (Å²) in [5, 5.41) is 0. The zero-order valence-corrected chi connectivity index (χ0v) is 19.5. The molecule has 33 heavy (non-hydrogen) atoms. The van der Waals surface area contributed by atoms with Crippen LogP contribution < -0.4 is 18.9 Å². The predicted octanol–water partition coefficient (Wildman–Crippen LogP) is 4.42. The number of hydrogen-bond donors (Lipinski definition) is 0. The van der Waals surface area contributed by atoms with Gasteiger partial charge in [0.2, 0.25) is 0 Å². The Morgan fingerprint density at radius 2 is 1.42 bits per heavy atom. The van der Waals surface area contributed by atoms with Gasteiger partial charge in [0, 0.05) is 11.1 Å². The van der Waals surface area contributed by atoms with Crippen LogP contribution in [0.15, 0.2) is 30.3 Å². The molecule has 0 bridgehead atoms. The molecule has 7 heteroatoms. The van der Waals surface area contributed by atoms with Crippen LogP contribution in [0.25, 0.3) is 17.2 Å². The highest BCUT2D eigenvalue weighted by molar-refractivity contribution is 5.83. The summed E-state index contributed by atoms with van der Waals surface area (Å²) in [6.07, 6.45) is 4.45. The van der Waals surface area contributed by atoms with Gasteiger partial charge in [0.1, 0.15) is 31.5 Å². The summed E-state index contributed by atoms with van der Waals surface area (Å²) in [4.78, 5) is 0. The topological polar surface area (TPSA) is 74.5 Å². The fourth-order valence-electron chi connectivity index (χ4n) is 3.92. The highest BCUT2D eigenvalue weighted by atomic mass is 16.6. The van der Waals surface area contributed by atoms with Gasteiger partial charge in [-0.1, -0.05) is 12.2 Å². The van der Waals surface area contributed by atoms with Crippen molar-refractivity contribution in [1.82, 2.24) is 0 Å². The van der Waals surface area contributed by atoms with Crippen LogP contribution in [0.5, 0.6) is 23.0 Å². The molecule has 3 fully saturated rings. The van der Waals surface area contributed by atoms with E-state index in [1.165, 1.54) is 0 Å². The molecule has 0 radical (unpaired) electrons. The number of hydrogen-bond acceptors (Lipinski definition) is 7. The van der Waals surface area contributed by atoms with Crippen molar-refractivity contribution in [3.63, 3.8) is 0 Å². The Hall–Kier alpha value is -2.74. The van der Waals surface area contributed by atoms with Crippen LogP contribution in [0.4, 0.5) is 0 Å². The average molecular weight is 455 g/mol. The maximum absolute atomic E-state index is 6.26. The molecule has 0 aliphatic carbocycles. The second-order valence-corrected chi connectivity index (χ2v) is 8.49. The minimum atomic E-state index is 0.0308. The summed E-state index contributed by atoms with van der Waals surface area (Å²) < 4.78 is 40.5. The molecule has 5 rings (SSSR count). The molecule has 3 aliphatic heterocycles. The standard InChI is InChI=1S/C26H30O7/c1-5-6-16-7-20(25(22(8-16)27-3)31-13-18-11-29-18)21-9-17(24-15(2)33-24)10-23(28-4)26(21)32-14-19-12-30-19/h5-10,15,18-19,24H,11-14H2,1-4H3/b6-5+. The lowest BCUT2D eigenvalue weighted by molar-refractivity contribution is 0.249. The molecule has 176 valence electrons. The van der Waals surface area contributed by atoms with Crippen LogP contribution in [0.1, 0.15) is 31.1 Å². The quantitative estimate of drug-likeness (QED) is 0.465. The SMILES string of the molecule is C/C=C/c1cc(OC)c(OCC2CO2)c(-c2cc(C3OC3C)cc(OC)c2OCC2CO2)c1. The van der Waals surface area contributed by atoms with E-state index < -0.39 is 0 Å². The molecule has 0 N–H and O–H groups in total. The Kier molecular flexibility index (Phi) is 6.19.